The fourth-order valence-corrected chi connectivity index (χ4v) is 4.20. The van der Waals surface area contributed by atoms with Gasteiger partial charge in [0, 0.05) is 16.7 Å². The van der Waals surface area contributed by atoms with Gasteiger partial charge in [0.1, 0.15) is 4.60 Å². The summed E-state index contributed by atoms with van der Waals surface area (Å²) >= 11 is 3.53. The quantitative estimate of drug-likeness (QED) is 0.499. The summed E-state index contributed by atoms with van der Waals surface area (Å²) in [6, 6.07) is 19.0. The van der Waals surface area contributed by atoms with Crippen LogP contribution in [-0.2, 0) is 5.54 Å². The van der Waals surface area contributed by atoms with E-state index in [-0.39, 0.29) is 5.54 Å². The molecule has 27 heavy (non-hydrogen) atoms. The molecule has 0 unspecified atom stereocenters. The monoisotopic (exact) mass is 418 g/mol. The minimum absolute atomic E-state index is 0.148. The maximum Gasteiger partial charge on any atom is 0.163 e. The highest BCUT2D eigenvalue weighted by Gasteiger charge is 2.34. The molecule has 5 heteroatoms. The van der Waals surface area contributed by atoms with E-state index in [9.17, 15) is 0 Å². The fraction of sp³-hybridized carbons (Fsp3) is 0.182. The van der Waals surface area contributed by atoms with Crippen molar-refractivity contribution in [2.24, 2.45) is 5.73 Å². The second-order valence-corrected chi connectivity index (χ2v) is 8.02. The molecule has 0 aliphatic heterocycles. The van der Waals surface area contributed by atoms with Crippen LogP contribution < -0.4 is 5.73 Å². The molecule has 4 aromatic rings. The van der Waals surface area contributed by atoms with E-state index in [1.54, 1.807) is 6.20 Å². The largest absolute Gasteiger partial charge is 0.321 e. The Morgan fingerprint density at radius 2 is 1.67 bits per heavy atom. The van der Waals surface area contributed by atoms with Gasteiger partial charge in [-0.05, 0) is 51.9 Å². The van der Waals surface area contributed by atoms with E-state index in [2.05, 4.69) is 62.4 Å². The number of aromatic nitrogens is 3. The number of rotatable bonds is 3. The molecule has 0 spiro atoms. The fourth-order valence-electron chi connectivity index (χ4n) is 3.84. The van der Waals surface area contributed by atoms with Crippen LogP contribution in [0.25, 0.3) is 27.9 Å². The number of hydrogen-bond donors (Lipinski definition) is 1. The predicted octanol–water partition coefficient (Wildman–Crippen LogP) is 5.16. The van der Waals surface area contributed by atoms with Crippen LogP contribution in [0, 0.1) is 0 Å². The van der Waals surface area contributed by atoms with Crippen molar-refractivity contribution >= 4 is 21.6 Å². The summed E-state index contributed by atoms with van der Waals surface area (Å²) in [5.41, 5.74) is 12.8. The minimum atomic E-state index is -0.148. The summed E-state index contributed by atoms with van der Waals surface area (Å²) in [4.78, 5) is 4.61. The first-order valence-corrected chi connectivity index (χ1v) is 9.92. The third-order valence-electron chi connectivity index (χ3n) is 5.57. The van der Waals surface area contributed by atoms with Crippen LogP contribution >= 0.6 is 15.9 Å². The third-order valence-corrected chi connectivity index (χ3v) is 6.11. The van der Waals surface area contributed by atoms with Crippen LogP contribution in [0.4, 0.5) is 0 Å². The highest BCUT2D eigenvalue weighted by atomic mass is 79.9. The number of halogens is 1. The van der Waals surface area contributed by atoms with Crippen molar-refractivity contribution in [1.29, 1.82) is 0 Å². The van der Waals surface area contributed by atoms with Crippen molar-refractivity contribution in [2.45, 2.75) is 24.8 Å². The summed E-state index contributed by atoms with van der Waals surface area (Å²) < 4.78 is 2.66. The molecule has 1 fully saturated rings. The van der Waals surface area contributed by atoms with Crippen LogP contribution in [0.5, 0.6) is 0 Å². The molecule has 5 rings (SSSR count). The van der Waals surface area contributed by atoms with Gasteiger partial charge in [0.15, 0.2) is 5.65 Å². The number of hydrogen-bond acceptors (Lipinski definition) is 3. The average Bonchev–Trinajstić information content (AvgIpc) is 3.07. The first kappa shape index (κ1) is 16.7. The first-order chi connectivity index (χ1) is 13.2. The molecular weight excluding hydrogens is 400 g/mol. The summed E-state index contributed by atoms with van der Waals surface area (Å²) in [7, 11) is 0. The molecule has 2 aromatic heterocycles. The molecule has 1 saturated carbocycles. The zero-order chi connectivity index (χ0) is 18.4. The van der Waals surface area contributed by atoms with Gasteiger partial charge < -0.3 is 5.73 Å². The molecule has 4 nitrogen and oxygen atoms in total. The molecule has 134 valence electrons. The second-order valence-electron chi connectivity index (χ2n) is 7.20. The highest BCUT2D eigenvalue weighted by molar-refractivity contribution is 9.10. The lowest BCUT2D eigenvalue weighted by atomic mass is 9.72. The lowest BCUT2D eigenvalue weighted by molar-refractivity contribution is 0.253. The Kier molecular flexibility index (Phi) is 3.88. The number of fused-ring (bicyclic) bond motifs is 1. The zero-order valence-corrected chi connectivity index (χ0v) is 16.4. The van der Waals surface area contributed by atoms with Crippen molar-refractivity contribution in [1.82, 2.24) is 14.6 Å². The zero-order valence-electron chi connectivity index (χ0n) is 14.8. The lowest BCUT2D eigenvalue weighted by Gasteiger charge is -2.38. The van der Waals surface area contributed by atoms with E-state index in [1.165, 1.54) is 12.0 Å². The molecule has 1 aliphatic carbocycles. The van der Waals surface area contributed by atoms with Gasteiger partial charge in [-0.2, -0.15) is 5.10 Å². The number of nitrogens with zero attached hydrogens (tertiary/aromatic N) is 3. The van der Waals surface area contributed by atoms with E-state index >= 15 is 0 Å². The maximum atomic E-state index is 6.50. The Bertz CT molecular complexity index is 1110. The summed E-state index contributed by atoms with van der Waals surface area (Å²) in [5, 5.41) is 4.57. The van der Waals surface area contributed by atoms with Gasteiger partial charge in [-0.15, -0.1) is 0 Å². The van der Waals surface area contributed by atoms with E-state index in [0.29, 0.717) is 0 Å². The summed E-state index contributed by atoms with van der Waals surface area (Å²) in [5.74, 6) is 0. The van der Waals surface area contributed by atoms with Crippen molar-refractivity contribution < 1.29 is 0 Å². The number of benzene rings is 2. The summed E-state index contributed by atoms with van der Waals surface area (Å²) in [6.45, 7) is 0. The van der Waals surface area contributed by atoms with Gasteiger partial charge >= 0.3 is 0 Å². The van der Waals surface area contributed by atoms with Crippen LogP contribution in [0.15, 0.2) is 71.6 Å². The van der Waals surface area contributed by atoms with Gasteiger partial charge in [-0.25, -0.2) is 9.50 Å². The Labute approximate surface area is 166 Å². The number of imidazole rings is 1. The standard InChI is InChI=1S/C22H19BrN4/c23-19-14-25-21-20(16-7-9-17(10-8-16)22(24)11-4-12-22)18(13-26-27(19)21)15-5-2-1-3-6-15/h1-3,5-10,13-14H,4,11-12,24H2. The number of nitrogens with two attached hydrogens (primary N) is 1. The minimum Gasteiger partial charge on any atom is -0.321 e. The molecule has 0 radical (unpaired) electrons. The van der Waals surface area contributed by atoms with Crippen molar-refractivity contribution in [3.05, 3.63) is 77.2 Å². The van der Waals surface area contributed by atoms with Crippen molar-refractivity contribution in [2.75, 3.05) is 0 Å². The second kappa shape index (κ2) is 6.29. The van der Waals surface area contributed by atoms with Gasteiger partial charge in [-0.1, -0.05) is 54.6 Å². The van der Waals surface area contributed by atoms with Crippen LogP contribution in [0.3, 0.4) is 0 Å². The topological polar surface area (TPSA) is 56.2 Å². The maximum absolute atomic E-state index is 6.50. The molecule has 0 saturated heterocycles. The van der Waals surface area contributed by atoms with E-state index in [0.717, 1.165) is 45.3 Å². The highest BCUT2D eigenvalue weighted by Crippen LogP contribution is 2.40. The van der Waals surface area contributed by atoms with Crippen LogP contribution in [-0.4, -0.2) is 14.6 Å². The molecular formula is C22H19BrN4. The Balaban J connectivity index is 1.71. The molecule has 0 amide bonds. The molecule has 1 aliphatic rings. The normalized spacial score (nSPS) is 15.6. The van der Waals surface area contributed by atoms with E-state index in [1.807, 2.05) is 28.9 Å². The summed E-state index contributed by atoms with van der Waals surface area (Å²) in [6.07, 6.45) is 7.04. The molecule has 0 bridgehead atoms. The molecule has 2 aromatic carbocycles. The van der Waals surface area contributed by atoms with Crippen molar-refractivity contribution in [3.63, 3.8) is 0 Å². The molecule has 0 atom stereocenters. The van der Waals surface area contributed by atoms with Gasteiger partial charge in [0.2, 0.25) is 0 Å². The molecule has 2 N–H and O–H groups in total. The Hall–Kier alpha value is -2.50. The first-order valence-electron chi connectivity index (χ1n) is 9.13. The van der Waals surface area contributed by atoms with Gasteiger partial charge in [0.25, 0.3) is 0 Å². The lowest BCUT2D eigenvalue weighted by Crippen LogP contribution is -2.43. The van der Waals surface area contributed by atoms with Gasteiger partial charge in [0.05, 0.1) is 12.4 Å². The molecule has 2 heterocycles. The SMILES string of the molecule is NC1(c2ccc(-c3c(-c4ccccc4)cnn4c(Br)cnc34)cc2)CCC1. The third kappa shape index (κ3) is 2.69. The predicted molar refractivity (Wildman–Crippen MR) is 111 cm³/mol. The van der Waals surface area contributed by atoms with Crippen molar-refractivity contribution in [3.8, 4) is 22.3 Å². The van der Waals surface area contributed by atoms with E-state index < -0.39 is 0 Å². The van der Waals surface area contributed by atoms with Crippen LogP contribution in [0.1, 0.15) is 24.8 Å². The average molecular weight is 419 g/mol. The van der Waals surface area contributed by atoms with E-state index in [4.69, 9.17) is 5.73 Å². The Morgan fingerprint density at radius 3 is 2.33 bits per heavy atom. The smallest absolute Gasteiger partial charge is 0.163 e. The van der Waals surface area contributed by atoms with Gasteiger partial charge in [-0.3, -0.25) is 0 Å². The Morgan fingerprint density at radius 1 is 0.926 bits per heavy atom. The van der Waals surface area contributed by atoms with Crippen LogP contribution in [0.2, 0.25) is 0 Å².